The number of carboxylic acid groups (broad SMARTS) is 1. The summed E-state index contributed by atoms with van der Waals surface area (Å²) >= 11 is 0. The maximum absolute atomic E-state index is 12.0. The largest absolute Gasteiger partial charge is 1.00 e. The summed E-state index contributed by atoms with van der Waals surface area (Å²) in [4.78, 5) is 26.7. The fourth-order valence-electron chi connectivity index (χ4n) is 5.16. The molecule has 66 heavy (non-hydrogen) atoms. The second-order valence-corrected chi connectivity index (χ2v) is 14.1. The van der Waals surface area contributed by atoms with Gasteiger partial charge in [-0.15, -0.1) is 0 Å². The predicted octanol–water partition coefficient (Wildman–Crippen LogP) is 9.53. The molecular formula is C54H77N4NaO6S. The number of nitrogens with one attached hydrogen (secondary N) is 2. The number of sulfonamides is 1. The first kappa shape index (κ1) is 67.3. The fraction of sp³-hybridized carbons (Fsp3) is 0.315. The van der Waals surface area contributed by atoms with E-state index in [0.717, 1.165) is 18.2 Å². The van der Waals surface area contributed by atoms with Crippen LogP contribution >= 0.6 is 0 Å². The smallest absolute Gasteiger partial charge is 0.543 e. The molecule has 5 aromatic carbocycles. The van der Waals surface area contributed by atoms with Gasteiger partial charge in [0.15, 0.2) is 0 Å². The quantitative estimate of drug-likeness (QED) is 0.145. The molecule has 2 heterocycles. The minimum absolute atomic E-state index is 0. The third-order valence-corrected chi connectivity index (χ3v) is 9.38. The SMILES string of the molecule is CC.CC.CC.CC.CC.CO.Cc1cc(C)c2ccccc2c1.Cc1ccc(-n2[nH]c(C(=O)[O-])c(C)c2=O)cc1.Cc1ccc(S(=O)(=O)Nc2ccccn2)cc1.Cc1ccccc1.[Na+]. The Balaban J connectivity index is -0.000000368. The van der Waals surface area contributed by atoms with Gasteiger partial charge in [-0.25, -0.2) is 18.1 Å². The standard InChI is InChI=1S/C12H12N2O3.C12H12N2O2S.C12H12.C7H8.5C2H6.CH4O.Na/c1-7-3-5-9(6-4-7)14-11(15)8(2)10(13-14)12(16)17;1-10-5-7-11(8-6-10)17(15,16)14-12-4-2-3-9-13-12;1-9-7-10(2)12-6-4-3-5-11(12)8-9;1-7-5-3-2-4-6-7;6*1-2;/h3-6,13H,1-2H3,(H,16,17);2-9H,1H3,(H,13,14);3-8H,1-2H3;2-6H,1H3;5*1-2H3;2H,1H3;/q;;;;;;;;;;+1/p-1. The second-order valence-electron chi connectivity index (χ2n) is 12.5. The summed E-state index contributed by atoms with van der Waals surface area (Å²) < 4.78 is 27.5. The van der Waals surface area contributed by atoms with Crippen LogP contribution in [0.3, 0.4) is 0 Å². The number of aromatic nitrogens is 3. The van der Waals surface area contributed by atoms with Gasteiger partial charge in [0.2, 0.25) is 0 Å². The number of aromatic carboxylic acids is 1. The number of aliphatic hydroxyl groups excluding tert-OH is 1. The van der Waals surface area contributed by atoms with Crippen molar-refractivity contribution in [2.75, 3.05) is 11.8 Å². The number of carbonyl (C=O) groups is 1. The molecule has 10 nitrogen and oxygen atoms in total. The van der Waals surface area contributed by atoms with Crippen LogP contribution < -0.4 is 44.9 Å². The van der Waals surface area contributed by atoms with E-state index < -0.39 is 16.0 Å². The van der Waals surface area contributed by atoms with Gasteiger partial charge in [-0.2, -0.15) is 0 Å². The van der Waals surface area contributed by atoms with Crippen LogP contribution in [-0.4, -0.2) is 41.4 Å². The van der Waals surface area contributed by atoms with Crippen molar-refractivity contribution in [2.24, 2.45) is 0 Å². The van der Waals surface area contributed by atoms with Gasteiger partial charge in [0.05, 0.1) is 22.2 Å². The number of pyridine rings is 1. The fourth-order valence-corrected chi connectivity index (χ4v) is 6.16. The summed E-state index contributed by atoms with van der Waals surface area (Å²) in [6.07, 6.45) is 1.53. The normalized spacial score (nSPS) is 8.94. The van der Waals surface area contributed by atoms with Crippen LogP contribution in [0.5, 0.6) is 0 Å². The molecule has 0 aliphatic heterocycles. The first-order chi connectivity index (χ1) is 31.2. The number of hydrogen-bond acceptors (Lipinski definition) is 7. The molecule has 356 valence electrons. The molecule has 12 heteroatoms. The Morgan fingerprint density at radius 1 is 0.606 bits per heavy atom. The Morgan fingerprint density at radius 3 is 1.50 bits per heavy atom. The zero-order valence-corrected chi connectivity index (χ0v) is 45.9. The van der Waals surface area contributed by atoms with Gasteiger partial charge in [-0.05, 0) is 94.3 Å². The molecule has 0 aliphatic carbocycles. The van der Waals surface area contributed by atoms with Gasteiger partial charge in [-0.3, -0.25) is 14.6 Å². The zero-order valence-electron chi connectivity index (χ0n) is 43.1. The summed E-state index contributed by atoms with van der Waals surface area (Å²) in [7, 11) is -2.54. The monoisotopic (exact) mass is 933 g/mol. The van der Waals surface area contributed by atoms with Crippen molar-refractivity contribution in [1.82, 2.24) is 14.8 Å². The van der Waals surface area contributed by atoms with E-state index in [1.54, 1.807) is 54.6 Å². The number of fused-ring (bicyclic) bond motifs is 1. The minimum atomic E-state index is -3.54. The van der Waals surface area contributed by atoms with Crippen LogP contribution in [0.4, 0.5) is 5.82 Å². The van der Waals surface area contributed by atoms with E-state index in [2.05, 4.69) is 84.1 Å². The van der Waals surface area contributed by atoms with E-state index in [4.69, 9.17) is 5.11 Å². The summed E-state index contributed by atoms with van der Waals surface area (Å²) in [5.74, 6) is -1.07. The molecule has 7 aromatic rings. The Kier molecular flexibility index (Phi) is 40.8. The Hall–Kier alpha value is -5.30. The number of anilines is 1. The number of rotatable bonds is 5. The van der Waals surface area contributed by atoms with E-state index >= 15 is 0 Å². The molecule has 0 fully saturated rings. The van der Waals surface area contributed by atoms with Crippen molar-refractivity contribution in [3.63, 3.8) is 0 Å². The first-order valence-electron chi connectivity index (χ1n) is 22.3. The molecule has 0 saturated heterocycles. The third-order valence-electron chi connectivity index (χ3n) is 8.01. The topological polar surface area (TPSA) is 157 Å². The molecule has 0 radical (unpaired) electrons. The van der Waals surface area contributed by atoms with Gasteiger partial charge >= 0.3 is 29.6 Å². The minimum Gasteiger partial charge on any atom is -0.543 e. The van der Waals surface area contributed by atoms with Crippen LogP contribution in [-0.2, 0) is 10.0 Å². The van der Waals surface area contributed by atoms with Crippen molar-refractivity contribution < 1.29 is 53.0 Å². The van der Waals surface area contributed by atoms with Gasteiger partial charge in [0, 0.05) is 18.9 Å². The van der Waals surface area contributed by atoms with Gasteiger partial charge in [0.1, 0.15) is 5.82 Å². The maximum atomic E-state index is 12.0. The molecular weight excluding hydrogens is 856 g/mol. The van der Waals surface area contributed by atoms with Crippen molar-refractivity contribution >= 4 is 32.6 Å². The van der Waals surface area contributed by atoms with Crippen LogP contribution in [0.15, 0.2) is 149 Å². The summed E-state index contributed by atoms with van der Waals surface area (Å²) in [5.41, 5.74) is 6.27. The van der Waals surface area contributed by atoms with Crippen molar-refractivity contribution in [3.8, 4) is 5.69 Å². The number of hydrogen-bond donors (Lipinski definition) is 3. The van der Waals surface area contributed by atoms with Gasteiger partial charge in [-0.1, -0.05) is 189 Å². The van der Waals surface area contributed by atoms with E-state index in [-0.39, 0.29) is 51.3 Å². The first-order valence-corrected chi connectivity index (χ1v) is 23.8. The van der Waals surface area contributed by atoms with Gasteiger partial charge in [0.25, 0.3) is 15.6 Å². The molecule has 0 amide bonds. The molecule has 0 bridgehead atoms. The number of aliphatic hydroxyl groups is 1. The number of nitrogens with zero attached hydrogens (tertiary/aromatic N) is 2. The summed E-state index contributed by atoms with van der Waals surface area (Å²) in [5, 5.41) is 23.0. The van der Waals surface area contributed by atoms with E-state index in [0.29, 0.717) is 11.5 Å². The van der Waals surface area contributed by atoms with Crippen LogP contribution in [0.2, 0.25) is 0 Å². The Morgan fingerprint density at radius 2 is 1.06 bits per heavy atom. The van der Waals surface area contributed by atoms with Crippen molar-refractivity contribution in [2.45, 2.75) is 116 Å². The number of carboxylic acids is 1. The number of benzene rings is 5. The van der Waals surface area contributed by atoms with Crippen LogP contribution in [0.1, 0.15) is 113 Å². The average molecular weight is 933 g/mol. The number of aromatic amines is 1. The third kappa shape index (κ3) is 24.8. The van der Waals surface area contributed by atoms with E-state index in [9.17, 15) is 23.1 Å². The molecule has 7 rings (SSSR count). The van der Waals surface area contributed by atoms with Crippen LogP contribution in [0.25, 0.3) is 16.5 Å². The maximum Gasteiger partial charge on any atom is 1.00 e. The number of H-pyrrole nitrogens is 1. The molecule has 0 spiro atoms. The molecule has 3 N–H and O–H groups in total. The van der Waals surface area contributed by atoms with E-state index in [1.807, 2.05) is 113 Å². The average Bonchev–Trinajstić information content (AvgIpc) is 3.65. The number of carbonyl (C=O) groups excluding carboxylic acids is 1. The Bertz CT molecular complexity index is 2440. The van der Waals surface area contributed by atoms with Gasteiger partial charge < -0.3 is 15.0 Å². The van der Waals surface area contributed by atoms with Crippen molar-refractivity contribution in [1.29, 1.82) is 0 Å². The summed E-state index contributed by atoms with van der Waals surface area (Å²) in [6, 6.07) is 42.1. The molecule has 0 atom stereocenters. The number of aryl methyl sites for hydroxylation is 5. The van der Waals surface area contributed by atoms with E-state index in [1.165, 1.54) is 45.3 Å². The molecule has 0 aliphatic rings. The molecule has 0 unspecified atom stereocenters. The predicted molar refractivity (Wildman–Crippen MR) is 276 cm³/mol. The van der Waals surface area contributed by atoms with Crippen LogP contribution in [0, 0.1) is 41.5 Å². The second kappa shape index (κ2) is 40.0. The Labute approximate surface area is 419 Å². The zero-order chi connectivity index (χ0) is 50.5. The molecule has 0 saturated carbocycles. The molecule has 2 aromatic heterocycles. The summed E-state index contributed by atoms with van der Waals surface area (Å²) in [6.45, 7) is 31.7. The van der Waals surface area contributed by atoms with Crippen molar-refractivity contribution in [3.05, 3.63) is 189 Å².